The Labute approximate surface area is 131 Å². The summed E-state index contributed by atoms with van der Waals surface area (Å²) in [6.07, 6.45) is 0.453. The molecule has 0 aliphatic heterocycles. The van der Waals surface area contributed by atoms with Gasteiger partial charge < -0.3 is 20.7 Å². The maximum atomic E-state index is 11.9. The van der Waals surface area contributed by atoms with Crippen molar-refractivity contribution in [3.05, 3.63) is 29.8 Å². The molecule has 0 bridgehead atoms. The Morgan fingerprint density at radius 2 is 2.00 bits per heavy atom. The molecule has 1 aromatic rings. The summed E-state index contributed by atoms with van der Waals surface area (Å²) in [6, 6.07) is 7.20. The molecule has 0 radical (unpaired) electrons. The van der Waals surface area contributed by atoms with Gasteiger partial charge in [-0.3, -0.25) is 4.79 Å². The van der Waals surface area contributed by atoms with Crippen molar-refractivity contribution in [3.63, 3.8) is 0 Å². The molecule has 21 heavy (non-hydrogen) atoms. The van der Waals surface area contributed by atoms with Crippen molar-refractivity contribution in [1.29, 1.82) is 0 Å². The van der Waals surface area contributed by atoms with Crippen LogP contribution < -0.4 is 11.1 Å². The van der Waals surface area contributed by atoms with Gasteiger partial charge in [-0.05, 0) is 30.8 Å². The first-order chi connectivity index (χ1) is 10.1. The number of amides is 1. The minimum atomic E-state index is -0.00561. The second-order valence-electron chi connectivity index (χ2n) is 4.67. The summed E-state index contributed by atoms with van der Waals surface area (Å²) in [5.41, 5.74) is 7.07. The van der Waals surface area contributed by atoms with Crippen LogP contribution >= 0.6 is 12.2 Å². The zero-order valence-electron chi connectivity index (χ0n) is 12.6. The Morgan fingerprint density at radius 3 is 2.52 bits per heavy atom. The highest BCUT2D eigenvalue weighted by Crippen LogP contribution is 2.10. The SMILES string of the molecule is CCN(CCOC)CCC(=O)Nc1ccc(C(N)=S)cc1. The summed E-state index contributed by atoms with van der Waals surface area (Å²) >= 11 is 4.89. The van der Waals surface area contributed by atoms with Gasteiger partial charge in [-0.1, -0.05) is 19.1 Å². The quantitative estimate of drug-likeness (QED) is 0.679. The maximum Gasteiger partial charge on any atom is 0.225 e. The second kappa shape index (κ2) is 9.44. The van der Waals surface area contributed by atoms with Gasteiger partial charge in [-0.2, -0.15) is 0 Å². The molecule has 0 saturated carbocycles. The number of carbonyl (C=O) groups is 1. The smallest absolute Gasteiger partial charge is 0.225 e. The first kappa shape index (κ1) is 17.6. The van der Waals surface area contributed by atoms with Crippen LogP contribution in [0.25, 0.3) is 0 Å². The van der Waals surface area contributed by atoms with E-state index in [1.807, 2.05) is 0 Å². The van der Waals surface area contributed by atoms with E-state index in [0.717, 1.165) is 30.9 Å². The highest BCUT2D eigenvalue weighted by atomic mass is 32.1. The topological polar surface area (TPSA) is 67.6 Å². The van der Waals surface area contributed by atoms with E-state index in [0.29, 0.717) is 18.0 Å². The Hall–Kier alpha value is -1.50. The standard InChI is InChI=1S/C15H23N3O2S/c1-3-18(10-11-20-2)9-8-14(19)17-13-6-4-12(5-7-13)15(16)21/h4-7H,3,8-11H2,1-2H3,(H2,16,21)(H,17,19). The zero-order valence-corrected chi connectivity index (χ0v) is 13.4. The molecule has 0 saturated heterocycles. The molecule has 0 heterocycles. The van der Waals surface area contributed by atoms with E-state index in [-0.39, 0.29) is 5.91 Å². The van der Waals surface area contributed by atoms with Gasteiger partial charge in [0, 0.05) is 37.9 Å². The molecule has 1 amide bonds. The van der Waals surface area contributed by atoms with Crippen molar-refractivity contribution in [2.24, 2.45) is 5.73 Å². The largest absolute Gasteiger partial charge is 0.389 e. The van der Waals surface area contributed by atoms with Crippen molar-refractivity contribution in [1.82, 2.24) is 4.90 Å². The number of hydrogen-bond acceptors (Lipinski definition) is 4. The minimum absolute atomic E-state index is 0.00561. The Balaban J connectivity index is 2.40. The molecule has 3 N–H and O–H groups in total. The molecule has 0 aromatic heterocycles. The minimum Gasteiger partial charge on any atom is -0.389 e. The number of nitrogens with two attached hydrogens (primary N) is 1. The zero-order chi connectivity index (χ0) is 15.7. The van der Waals surface area contributed by atoms with Gasteiger partial charge in [0.2, 0.25) is 5.91 Å². The summed E-state index contributed by atoms with van der Waals surface area (Å²) in [6.45, 7) is 5.21. The lowest BCUT2D eigenvalue weighted by atomic mass is 10.2. The molecule has 0 aliphatic rings. The number of methoxy groups -OCH3 is 1. The van der Waals surface area contributed by atoms with Gasteiger partial charge in [-0.25, -0.2) is 0 Å². The monoisotopic (exact) mass is 309 g/mol. The average Bonchev–Trinajstić information content (AvgIpc) is 2.48. The molecule has 0 fully saturated rings. The lowest BCUT2D eigenvalue weighted by molar-refractivity contribution is -0.116. The van der Waals surface area contributed by atoms with E-state index in [4.69, 9.17) is 22.7 Å². The van der Waals surface area contributed by atoms with Gasteiger partial charge in [0.05, 0.1) is 6.61 Å². The fourth-order valence-electron chi connectivity index (χ4n) is 1.85. The first-order valence-electron chi connectivity index (χ1n) is 6.97. The van der Waals surface area contributed by atoms with Crippen LogP contribution in [-0.2, 0) is 9.53 Å². The van der Waals surface area contributed by atoms with Crippen LogP contribution in [0.2, 0.25) is 0 Å². The maximum absolute atomic E-state index is 11.9. The van der Waals surface area contributed by atoms with Crippen molar-refractivity contribution in [3.8, 4) is 0 Å². The van der Waals surface area contributed by atoms with Gasteiger partial charge in [0.15, 0.2) is 0 Å². The molecule has 0 aliphatic carbocycles. The van der Waals surface area contributed by atoms with Crippen LogP contribution in [-0.4, -0.2) is 49.1 Å². The lowest BCUT2D eigenvalue weighted by Crippen LogP contribution is -2.30. The number of thiocarbonyl (C=S) groups is 1. The number of rotatable bonds is 9. The third-order valence-corrected chi connectivity index (χ3v) is 3.40. The van der Waals surface area contributed by atoms with Crippen LogP contribution in [0.15, 0.2) is 24.3 Å². The van der Waals surface area contributed by atoms with Gasteiger partial charge in [-0.15, -0.1) is 0 Å². The van der Waals surface area contributed by atoms with E-state index >= 15 is 0 Å². The molecular formula is C15H23N3O2S. The molecule has 1 aromatic carbocycles. The highest BCUT2D eigenvalue weighted by Gasteiger charge is 2.07. The summed E-state index contributed by atoms with van der Waals surface area (Å²) in [5.74, 6) is -0.00561. The van der Waals surface area contributed by atoms with Crippen molar-refractivity contribution in [2.75, 3.05) is 38.7 Å². The molecule has 0 spiro atoms. The van der Waals surface area contributed by atoms with Crippen molar-refractivity contribution in [2.45, 2.75) is 13.3 Å². The molecule has 6 heteroatoms. The molecule has 5 nitrogen and oxygen atoms in total. The number of carbonyl (C=O) groups excluding carboxylic acids is 1. The predicted molar refractivity (Wildman–Crippen MR) is 89.6 cm³/mol. The predicted octanol–water partition coefficient (Wildman–Crippen LogP) is 1.62. The second-order valence-corrected chi connectivity index (χ2v) is 5.11. The Bertz CT molecular complexity index is 462. The van der Waals surface area contributed by atoms with Crippen LogP contribution in [0.3, 0.4) is 0 Å². The third kappa shape index (κ3) is 6.66. The van der Waals surface area contributed by atoms with Gasteiger partial charge in [0.25, 0.3) is 0 Å². The molecule has 1 rings (SSSR count). The fourth-order valence-corrected chi connectivity index (χ4v) is 1.99. The van der Waals surface area contributed by atoms with Crippen LogP contribution in [0, 0.1) is 0 Å². The van der Waals surface area contributed by atoms with Crippen LogP contribution in [0.4, 0.5) is 5.69 Å². The number of benzene rings is 1. The van der Waals surface area contributed by atoms with E-state index in [9.17, 15) is 4.79 Å². The van der Waals surface area contributed by atoms with E-state index in [2.05, 4.69) is 17.1 Å². The van der Waals surface area contributed by atoms with Crippen LogP contribution in [0.1, 0.15) is 18.9 Å². The Morgan fingerprint density at radius 1 is 1.33 bits per heavy atom. The molecular weight excluding hydrogens is 286 g/mol. The van der Waals surface area contributed by atoms with Crippen molar-refractivity contribution >= 4 is 28.8 Å². The van der Waals surface area contributed by atoms with E-state index in [1.54, 1.807) is 31.4 Å². The Kier molecular flexibility index (Phi) is 7.89. The molecule has 0 atom stereocenters. The summed E-state index contributed by atoms with van der Waals surface area (Å²) in [5, 5.41) is 2.86. The number of nitrogens with zero attached hydrogens (tertiary/aromatic N) is 1. The van der Waals surface area contributed by atoms with Gasteiger partial charge in [0.1, 0.15) is 4.99 Å². The summed E-state index contributed by atoms with van der Waals surface area (Å²) in [7, 11) is 1.68. The summed E-state index contributed by atoms with van der Waals surface area (Å²) < 4.78 is 5.04. The lowest BCUT2D eigenvalue weighted by Gasteiger charge is -2.19. The van der Waals surface area contributed by atoms with Crippen molar-refractivity contribution < 1.29 is 9.53 Å². The van der Waals surface area contributed by atoms with Crippen LogP contribution in [0.5, 0.6) is 0 Å². The number of hydrogen-bond donors (Lipinski definition) is 2. The van der Waals surface area contributed by atoms with Gasteiger partial charge >= 0.3 is 0 Å². The summed E-state index contributed by atoms with van der Waals surface area (Å²) in [4.78, 5) is 14.4. The van der Waals surface area contributed by atoms with E-state index in [1.165, 1.54) is 0 Å². The number of ether oxygens (including phenoxy) is 1. The number of anilines is 1. The highest BCUT2D eigenvalue weighted by molar-refractivity contribution is 7.80. The molecule has 116 valence electrons. The normalized spacial score (nSPS) is 10.6. The van der Waals surface area contributed by atoms with E-state index < -0.39 is 0 Å². The molecule has 0 unspecified atom stereocenters. The number of nitrogens with one attached hydrogen (secondary N) is 1. The third-order valence-electron chi connectivity index (χ3n) is 3.17. The fraction of sp³-hybridized carbons (Fsp3) is 0.467. The average molecular weight is 309 g/mol. The number of likely N-dealkylation sites (N-methyl/N-ethyl adjacent to an activating group) is 1. The first-order valence-corrected chi connectivity index (χ1v) is 7.38.